The fourth-order valence-electron chi connectivity index (χ4n) is 0.419. The Kier molecular flexibility index (Phi) is 7.24. The van der Waals surface area contributed by atoms with Gasteiger partial charge in [0.05, 0.1) is 10.9 Å². The Balaban J connectivity index is 3.36. The second-order valence-corrected chi connectivity index (χ2v) is 3.09. The number of hydrogen-bond acceptors (Lipinski definition) is 4. The van der Waals surface area contributed by atoms with Gasteiger partial charge in [0.2, 0.25) is 0 Å². The molecule has 0 aromatic rings. The molecule has 0 aliphatic carbocycles. The molecule has 1 unspecified atom stereocenters. The van der Waals surface area contributed by atoms with E-state index in [0.29, 0.717) is 5.37 Å². The number of nitrogens with zero attached hydrogens (tertiary/aromatic N) is 2. The van der Waals surface area contributed by atoms with Gasteiger partial charge >= 0.3 is 0 Å². The highest BCUT2D eigenvalue weighted by Gasteiger charge is 1.94. The maximum absolute atomic E-state index is 4.07. The summed E-state index contributed by atoms with van der Waals surface area (Å²) >= 11 is 1.62. The molecule has 0 rings (SSSR count). The van der Waals surface area contributed by atoms with Crippen LogP contribution in [0.2, 0.25) is 0 Å². The van der Waals surface area contributed by atoms with Crippen LogP contribution in [-0.4, -0.2) is 23.7 Å². The number of nitrogens with one attached hydrogen (secondary N) is 1. The van der Waals surface area contributed by atoms with Crippen molar-refractivity contribution in [1.29, 1.82) is 0 Å². The van der Waals surface area contributed by atoms with Crippen molar-refractivity contribution < 1.29 is 0 Å². The molecule has 1 atom stereocenters. The Morgan fingerprint density at radius 3 is 2.91 bits per heavy atom. The molecule has 0 aromatic heterocycles. The van der Waals surface area contributed by atoms with Gasteiger partial charge in [0, 0.05) is 12.8 Å². The topological polar surface area (TPSA) is 36.8 Å². The van der Waals surface area contributed by atoms with Crippen molar-refractivity contribution >= 4 is 23.5 Å². The summed E-state index contributed by atoms with van der Waals surface area (Å²) in [5.41, 5.74) is 4.78. The summed E-state index contributed by atoms with van der Waals surface area (Å²) in [5.74, 6) is 0. The van der Waals surface area contributed by atoms with Gasteiger partial charge in [-0.05, 0) is 20.8 Å². The smallest absolute Gasteiger partial charge is 0.0918 e. The van der Waals surface area contributed by atoms with E-state index in [2.05, 4.69) is 15.5 Å². The molecule has 0 fully saturated rings. The number of aliphatic imine (C=N–C) groups is 1. The van der Waals surface area contributed by atoms with Crippen molar-refractivity contribution in [2.75, 3.05) is 6.54 Å². The average molecular weight is 173 g/mol. The van der Waals surface area contributed by atoms with Crippen molar-refractivity contribution in [3.63, 3.8) is 0 Å². The minimum atomic E-state index is 0.293. The Morgan fingerprint density at radius 2 is 2.36 bits per heavy atom. The molecule has 1 N–H and O–H groups in total. The van der Waals surface area contributed by atoms with E-state index < -0.39 is 0 Å². The van der Waals surface area contributed by atoms with Crippen LogP contribution in [0.1, 0.15) is 20.8 Å². The fraction of sp³-hybridized carbons (Fsp3) is 0.714. The molecule has 0 aromatic carbocycles. The standard InChI is InChI=1S/C7H15N3S/c1-4-8-6-11-7(3)10-9-5-2/h5-7,10H,4H2,1-3H3/b8-6?,9-5-. The molecule has 0 amide bonds. The van der Waals surface area contributed by atoms with Crippen molar-refractivity contribution in [2.45, 2.75) is 26.1 Å². The zero-order chi connectivity index (χ0) is 8.53. The van der Waals surface area contributed by atoms with Gasteiger partial charge in [-0.2, -0.15) is 5.10 Å². The van der Waals surface area contributed by atoms with Crippen LogP contribution in [0.4, 0.5) is 0 Å². The van der Waals surface area contributed by atoms with E-state index in [1.807, 2.05) is 26.3 Å². The normalized spacial score (nSPS) is 14.5. The molecule has 0 saturated heterocycles. The van der Waals surface area contributed by atoms with Crippen LogP contribution in [0.3, 0.4) is 0 Å². The first-order valence-corrected chi connectivity index (χ1v) is 4.62. The van der Waals surface area contributed by atoms with Gasteiger partial charge in [-0.25, -0.2) is 0 Å². The van der Waals surface area contributed by atoms with Gasteiger partial charge in [0.1, 0.15) is 0 Å². The lowest BCUT2D eigenvalue weighted by Gasteiger charge is -2.05. The van der Waals surface area contributed by atoms with Crippen molar-refractivity contribution in [2.24, 2.45) is 10.1 Å². The maximum Gasteiger partial charge on any atom is 0.0918 e. The molecule has 0 heterocycles. The first-order chi connectivity index (χ1) is 5.31. The van der Waals surface area contributed by atoms with Crippen LogP contribution in [-0.2, 0) is 0 Å². The molecule has 0 radical (unpaired) electrons. The van der Waals surface area contributed by atoms with Crippen LogP contribution in [0.25, 0.3) is 0 Å². The summed E-state index contributed by atoms with van der Waals surface area (Å²) in [5, 5.41) is 4.19. The molecule has 64 valence electrons. The first kappa shape index (κ1) is 10.5. The zero-order valence-corrected chi connectivity index (χ0v) is 8.06. The SMILES string of the molecule is C/C=N\NC(C)SC=NCC. The Labute approximate surface area is 72.4 Å². The molecule has 11 heavy (non-hydrogen) atoms. The summed E-state index contributed by atoms with van der Waals surface area (Å²) in [7, 11) is 0. The van der Waals surface area contributed by atoms with Crippen molar-refractivity contribution in [3.8, 4) is 0 Å². The van der Waals surface area contributed by atoms with Gasteiger partial charge in [-0.3, -0.25) is 10.4 Å². The predicted molar refractivity (Wildman–Crippen MR) is 53.4 cm³/mol. The zero-order valence-electron chi connectivity index (χ0n) is 7.24. The number of thioether (sulfide) groups is 1. The maximum atomic E-state index is 4.07. The Hall–Kier alpha value is -0.510. The number of hydrazone groups is 1. The molecule has 0 bridgehead atoms. The minimum absolute atomic E-state index is 0.293. The highest BCUT2D eigenvalue weighted by Crippen LogP contribution is 2.02. The average Bonchev–Trinajstić information content (AvgIpc) is 2.01. The molecule has 0 spiro atoms. The second kappa shape index (κ2) is 7.60. The lowest BCUT2D eigenvalue weighted by atomic mass is 10.8. The van der Waals surface area contributed by atoms with Gasteiger partial charge < -0.3 is 0 Å². The van der Waals surface area contributed by atoms with Crippen LogP contribution >= 0.6 is 11.8 Å². The Bertz CT molecular complexity index is 134. The van der Waals surface area contributed by atoms with E-state index >= 15 is 0 Å². The molecule has 4 heteroatoms. The van der Waals surface area contributed by atoms with Crippen molar-refractivity contribution in [3.05, 3.63) is 0 Å². The molecular formula is C7H15N3S. The molecule has 0 saturated carbocycles. The third kappa shape index (κ3) is 7.39. The van der Waals surface area contributed by atoms with E-state index in [9.17, 15) is 0 Å². The second-order valence-electron chi connectivity index (χ2n) is 1.90. The minimum Gasteiger partial charge on any atom is -0.297 e. The third-order valence-electron chi connectivity index (χ3n) is 0.908. The quantitative estimate of drug-likeness (QED) is 0.297. The van der Waals surface area contributed by atoms with Gasteiger partial charge in [-0.15, -0.1) is 0 Å². The third-order valence-corrected chi connectivity index (χ3v) is 1.69. The van der Waals surface area contributed by atoms with Gasteiger partial charge in [0.25, 0.3) is 0 Å². The summed E-state index contributed by atoms with van der Waals surface area (Å²) in [6.45, 7) is 6.78. The van der Waals surface area contributed by atoms with Gasteiger partial charge in [-0.1, -0.05) is 11.8 Å². The van der Waals surface area contributed by atoms with Crippen LogP contribution in [0, 0.1) is 0 Å². The predicted octanol–water partition coefficient (Wildman–Crippen LogP) is 1.71. The van der Waals surface area contributed by atoms with Gasteiger partial charge in [0.15, 0.2) is 0 Å². The van der Waals surface area contributed by atoms with E-state index in [1.165, 1.54) is 0 Å². The van der Waals surface area contributed by atoms with E-state index in [4.69, 9.17) is 0 Å². The summed E-state index contributed by atoms with van der Waals surface area (Å²) in [4.78, 5) is 4.07. The molecule has 3 nitrogen and oxygen atoms in total. The summed E-state index contributed by atoms with van der Waals surface area (Å²) in [6, 6.07) is 0. The first-order valence-electron chi connectivity index (χ1n) is 3.68. The lowest BCUT2D eigenvalue weighted by Crippen LogP contribution is -2.16. The van der Waals surface area contributed by atoms with Crippen LogP contribution in [0.5, 0.6) is 0 Å². The van der Waals surface area contributed by atoms with E-state index in [-0.39, 0.29) is 0 Å². The lowest BCUT2D eigenvalue weighted by molar-refractivity contribution is 0.742. The Morgan fingerprint density at radius 1 is 1.64 bits per heavy atom. The molecular weight excluding hydrogens is 158 g/mol. The monoisotopic (exact) mass is 173 g/mol. The summed E-state index contributed by atoms with van der Waals surface area (Å²) in [6.07, 6.45) is 1.73. The largest absolute Gasteiger partial charge is 0.297 e. The number of hydrogen-bond donors (Lipinski definition) is 1. The van der Waals surface area contributed by atoms with E-state index in [0.717, 1.165) is 6.54 Å². The highest BCUT2D eigenvalue weighted by atomic mass is 32.2. The van der Waals surface area contributed by atoms with Crippen LogP contribution < -0.4 is 5.43 Å². The van der Waals surface area contributed by atoms with Crippen LogP contribution in [0.15, 0.2) is 10.1 Å². The van der Waals surface area contributed by atoms with E-state index in [1.54, 1.807) is 18.0 Å². The summed E-state index contributed by atoms with van der Waals surface area (Å²) < 4.78 is 0. The number of rotatable bonds is 5. The molecule has 0 aliphatic heterocycles. The highest BCUT2D eigenvalue weighted by molar-refractivity contribution is 8.12. The molecule has 0 aliphatic rings. The fourth-order valence-corrected chi connectivity index (χ4v) is 0.958. The van der Waals surface area contributed by atoms with Crippen molar-refractivity contribution in [1.82, 2.24) is 5.43 Å².